The largest absolute Gasteiger partial charge is 0.481 e. The standard InChI is InChI=1S/C21H16Br2F2N6O4.C21H16Br2F2N6O3/c1-2-29-20(23)14(8-27-29)19(32)18-15(25)9-28-30(18)16-4-3-13(24)5-11(16)10-35-17-6-12(22)7-26-21(17)31(33)34;1-2-29-20(23)12(8-27-29)6-18-16(25)10-28-30(18)17-4-3-15(24)5-13(17)11-34-19-7-14(22)9-26-21(19)31(32)33/h3-9,19,32H,2,10H2,1H3;3-5,7-10H,2,6,11H2,1H3. The molecule has 1 atom stereocenters. The fourth-order valence-electron chi connectivity index (χ4n) is 6.74. The minimum atomic E-state index is -1.46. The molecule has 358 valence electrons. The maximum Gasteiger partial charge on any atom is 0.406 e. The molecule has 6 aromatic heterocycles. The van der Waals surface area contributed by atoms with E-state index >= 15 is 0 Å². The number of hydrogen-bond donors (Lipinski definition) is 1. The number of aromatic nitrogens is 10. The molecule has 0 fully saturated rings. The van der Waals surface area contributed by atoms with Crippen molar-refractivity contribution in [2.45, 2.75) is 52.7 Å². The molecule has 0 aliphatic heterocycles. The number of hydrogen-bond acceptors (Lipinski definition) is 13. The van der Waals surface area contributed by atoms with E-state index in [1.54, 1.807) is 15.6 Å². The molecule has 69 heavy (non-hydrogen) atoms. The number of aryl methyl sites for hydroxylation is 2. The maximum atomic E-state index is 14.8. The predicted octanol–water partition coefficient (Wildman–Crippen LogP) is 10.2. The van der Waals surface area contributed by atoms with E-state index in [4.69, 9.17) is 9.47 Å². The number of ether oxygens (including phenoxy) is 2. The average molecular weight is 1210 g/mol. The van der Waals surface area contributed by atoms with E-state index in [1.165, 1.54) is 59.7 Å². The van der Waals surface area contributed by atoms with Crippen molar-refractivity contribution in [1.29, 1.82) is 0 Å². The third-order valence-corrected chi connectivity index (χ3v) is 12.6. The van der Waals surface area contributed by atoms with E-state index in [0.29, 0.717) is 43.5 Å². The van der Waals surface area contributed by atoms with Crippen molar-refractivity contribution in [2.75, 3.05) is 0 Å². The Balaban J connectivity index is 0.000000204. The molecule has 8 rings (SSSR count). The molecule has 0 radical (unpaired) electrons. The van der Waals surface area contributed by atoms with Crippen LogP contribution in [0.1, 0.15) is 53.6 Å². The second-order valence-corrected chi connectivity index (χ2v) is 17.6. The highest BCUT2D eigenvalue weighted by atomic mass is 79.9. The van der Waals surface area contributed by atoms with E-state index in [-0.39, 0.29) is 53.8 Å². The monoisotopic (exact) mass is 1210 g/mol. The topological polar surface area (TPSA) is 222 Å². The number of benzene rings is 2. The van der Waals surface area contributed by atoms with Gasteiger partial charge >= 0.3 is 11.6 Å². The van der Waals surface area contributed by atoms with Crippen molar-refractivity contribution in [2.24, 2.45) is 0 Å². The highest BCUT2D eigenvalue weighted by Gasteiger charge is 2.28. The zero-order valence-corrected chi connectivity index (χ0v) is 41.8. The summed E-state index contributed by atoms with van der Waals surface area (Å²) in [5.41, 5.74) is 2.16. The van der Waals surface area contributed by atoms with Crippen LogP contribution in [0, 0.1) is 43.5 Å². The van der Waals surface area contributed by atoms with Crippen LogP contribution >= 0.6 is 63.7 Å². The molecule has 8 aromatic rings. The smallest absolute Gasteiger partial charge is 0.406 e. The molecule has 2 aromatic carbocycles. The fraction of sp³-hybridized carbons (Fsp3) is 0.190. The first kappa shape index (κ1) is 50.5. The van der Waals surface area contributed by atoms with Gasteiger partial charge in [-0.1, -0.05) is 0 Å². The normalized spacial score (nSPS) is 11.6. The number of rotatable bonds is 16. The number of pyridine rings is 2. The lowest BCUT2D eigenvalue weighted by Gasteiger charge is -2.16. The zero-order chi connectivity index (χ0) is 49.7. The third-order valence-electron chi connectivity index (χ3n) is 9.98. The first-order valence-corrected chi connectivity index (χ1v) is 23.1. The van der Waals surface area contributed by atoms with Gasteiger partial charge < -0.3 is 34.8 Å². The molecule has 1 N–H and O–H groups in total. The van der Waals surface area contributed by atoms with Crippen molar-refractivity contribution in [3.8, 4) is 22.9 Å². The van der Waals surface area contributed by atoms with Gasteiger partial charge in [-0.05, 0) is 134 Å². The Kier molecular flexibility index (Phi) is 16.0. The number of aliphatic hydroxyl groups is 1. The Morgan fingerprint density at radius 3 is 1.64 bits per heavy atom. The molecule has 0 amide bonds. The zero-order valence-electron chi connectivity index (χ0n) is 35.5. The molecular formula is C42H32Br4F4N12O7. The summed E-state index contributed by atoms with van der Waals surface area (Å²) in [7, 11) is 0. The van der Waals surface area contributed by atoms with Crippen molar-refractivity contribution in [3.63, 3.8) is 0 Å². The SMILES string of the molecule is CCn1ncc(C(O)c2c(F)cnn2-c2ccc(F)cc2COc2cc(Br)cnc2[N+](=O)[O-])c1Br.CCn1ncc(Cc2c(F)cnn2-c2ccc(F)cc2COc2cc(Br)cnc2[N+](=O)[O-])c1Br. The molecule has 0 spiro atoms. The summed E-state index contributed by atoms with van der Waals surface area (Å²) in [6.45, 7) is 4.37. The summed E-state index contributed by atoms with van der Waals surface area (Å²) in [6.07, 6.45) is 6.28. The number of halogens is 8. The van der Waals surface area contributed by atoms with Crippen LogP contribution < -0.4 is 9.47 Å². The summed E-state index contributed by atoms with van der Waals surface area (Å²) in [5, 5.41) is 50.1. The highest BCUT2D eigenvalue weighted by Crippen LogP contribution is 2.34. The summed E-state index contributed by atoms with van der Waals surface area (Å²) < 4.78 is 76.9. The van der Waals surface area contributed by atoms with Crippen LogP contribution in [0.15, 0.2) is 104 Å². The summed E-state index contributed by atoms with van der Waals surface area (Å²) in [5.74, 6) is -3.76. The van der Waals surface area contributed by atoms with Crippen molar-refractivity contribution in [1.82, 2.24) is 49.1 Å². The Morgan fingerprint density at radius 2 is 1.13 bits per heavy atom. The van der Waals surface area contributed by atoms with E-state index in [2.05, 4.69) is 94.1 Å². The predicted molar refractivity (Wildman–Crippen MR) is 251 cm³/mol. The lowest BCUT2D eigenvalue weighted by molar-refractivity contribution is -0.390. The summed E-state index contributed by atoms with van der Waals surface area (Å²) in [4.78, 5) is 28.7. The van der Waals surface area contributed by atoms with Crippen LogP contribution in [0.25, 0.3) is 11.4 Å². The van der Waals surface area contributed by atoms with Gasteiger partial charge in [-0.3, -0.25) is 9.36 Å². The lowest BCUT2D eigenvalue weighted by Crippen LogP contribution is -2.13. The van der Waals surface area contributed by atoms with Crippen molar-refractivity contribution in [3.05, 3.63) is 181 Å². The van der Waals surface area contributed by atoms with E-state index in [0.717, 1.165) is 39.4 Å². The molecule has 27 heteroatoms. The Labute approximate surface area is 420 Å². The number of aliphatic hydroxyl groups excluding tert-OH is 1. The van der Waals surface area contributed by atoms with Crippen LogP contribution in [-0.4, -0.2) is 64.0 Å². The van der Waals surface area contributed by atoms with Crippen LogP contribution in [0.2, 0.25) is 0 Å². The van der Waals surface area contributed by atoms with Gasteiger partial charge in [0.2, 0.25) is 11.5 Å². The van der Waals surface area contributed by atoms with E-state index in [1.807, 2.05) is 13.8 Å². The molecule has 6 heterocycles. The van der Waals surface area contributed by atoms with Crippen LogP contribution in [0.3, 0.4) is 0 Å². The molecule has 0 saturated carbocycles. The molecular weight excluding hydrogens is 1180 g/mol. The molecule has 0 aliphatic carbocycles. The molecule has 0 saturated heterocycles. The Hall–Kier alpha value is -6.42. The first-order valence-electron chi connectivity index (χ1n) is 20.0. The van der Waals surface area contributed by atoms with Crippen molar-refractivity contribution >= 4 is 75.4 Å². The van der Waals surface area contributed by atoms with Gasteiger partial charge in [-0.2, -0.15) is 20.4 Å². The van der Waals surface area contributed by atoms with E-state index < -0.39 is 50.9 Å². The van der Waals surface area contributed by atoms with Gasteiger partial charge in [0, 0.05) is 53.9 Å². The third kappa shape index (κ3) is 11.2. The Bertz CT molecular complexity index is 3200. The summed E-state index contributed by atoms with van der Waals surface area (Å²) >= 11 is 13.2. The molecule has 0 aliphatic rings. The lowest BCUT2D eigenvalue weighted by atomic mass is 10.1. The average Bonchev–Trinajstić information content (AvgIpc) is 4.09. The van der Waals surface area contributed by atoms with Crippen LogP contribution in [0.5, 0.6) is 11.5 Å². The summed E-state index contributed by atoms with van der Waals surface area (Å²) in [6, 6.07) is 10.2. The maximum absolute atomic E-state index is 14.8. The van der Waals surface area contributed by atoms with Gasteiger partial charge in [0.1, 0.15) is 45.9 Å². The molecule has 0 bridgehead atoms. The number of nitro groups is 2. The van der Waals surface area contributed by atoms with Crippen LogP contribution in [-0.2, 0) is 32.7 Å². The van der Waals surface area contributed by atoms with Gasteiger partial charge in [-0.15, -0.1) is 0 Å². The number of nitrogens with zero attached hydrogens (tertiary/aromatic N) is 12. The quantitative estimate of drug-likeness (QED) is 0.0541. The van der Waals surface area contributed by atoms with Gasteiger partial charge in [0.05, 0.1) is 50.8 Å². The molecule has 1 unspecified atom stereocenters. The minimum absolute atomic E-state index is 0.0997. The second-order valence-electron chi connectivity index (χ2n) is 14.3. The highest BCUT2D eigenvalue weighted by molar-refractivity contribution is 9.11. The van der Waals surface area contributed by atoms with Crippen molar-refractivity contribution < 1.29 is 42.0 Å². The van der Waals surface area contributed by atoms with Gasteiger partial charge in [-0.25, -0.2) is 26.9 Å². The van der Waals surface area contributed by atoms with Gasteiger partial charge in [0.25, 0.3) is 0 Å². The minimum Gasteiger partial charge on any atom is -0.481 e. The Morgan fingerprint density at radius 1 is 0.638 bits per heavy atom. The van der Waals surface area contributed by atoms with Gasteiger partial charge in [0.15, 0.2) is 24.0 Å². The first-order chi connectivity index (χ1) is 33.0. The fourth-order valence-corrected chi connectivity index (χ4v) is 8.61. The second kappa shape index (κ2) is 21.9. The molecule has 19 nitrogen and oxygen atoms in total. The van der Waals surface area contributed by atoms with E-state index in [9.17, 15) is 42.9 Å². The van der Waals surface area contributed by atoms with Crippen LogP contribution in [0.4, 0.5) is 29.2 Å².